The minimum absolute atomic E-state index is 0.454. The van der Waals surface area contributed by atoms with Crippen molar-refractivity contribution < 1.29 is 4.74 Å². The molecule has 90 valence electrons. The second kappa shape index (κ2) is 5.58. The normalized spacial score (nSPS) is 11.2. The number of ether oxygens (including phenoxy) is 1. The van der Waals surface area contributed by atoms with Crippen LogP contribution < -0.4 is 4.74 Å². The number of alkyl halides is 1. The predicted octanol–water partition coefficient (Wildman–Crippen LogP) is 4.68. The summed E-state index contributed by atoms with van der Waals surface area (Å²) in [6.07, 6.45) is 0. The van der Waals surface area contributed by atoms with Crippen LogP contribution in [-0.4, -0.2) is 7.11 Å². The van der Waals surface area contributed by atoms with Crippen molar-refractivity contribution in [2.75, 3.05) is 7.11 Å². The Morgan fingerprint density at radius 3 is 1.75 bits per heavy atom. The molecule has 0 saturated heterocycles. The highest BCUT2D eigenvalue weighted by Gasteiger charge is 2.15. The second-order valence-corrected chi connectivity index (χ2v) is 5.02. The lowest BCUT2D eigenvalue weighted by Crippen LogP contribution is -2.02. The molecule has 1 rings (SSSR count). The molecule has 1 aromatic carbocycles. The highest BCUT2D eigenvalue weighted by atomic mass is 35.5. The zero-order valence-electron chi connectivity index (χ0n) is 10.8. The van der Waals surface area contributed by atoms with Gasteiger partial charge in [0.15, 0.2) is 0 Å². The monoisotopic (exact) mass is 240 g/mol. The van der Waals surface area contributed by atoms with Crippen molar-refractivity contribution in [3.8, 4) is 5.75 Å². The van der Waals surface area contributed by atoms with E-state index in [1.54, 1.807) is 7.11 Å². The summed E-state index contributed by atoms with van der Waals surface area (Å²) in [6.45, 7) is 8.72. The summed E-state index contributed by atoms with van der Waals surface area (Å²) in [5, 5.41) is 0. The van der Waals surface area contributed by atoms with Crippen LogP contribution >= 0.6 is 11.6 Å². The van der Waals surface area contributed by atoms with Gasteiger partial charge in [-0.1, -0.05) is 39.8 Å². The minimum Gasteiger partial charge on any atom is -0.496 e. The van der Waals surface area contributed by atoms with Crippen molar-refractivity contribution in [3.05, 3.63) is 28.8 Å². The lowest BCUT2D eigenvalue weighted by molar-refractivity contribution is 0.400. The molecule has 0 N–H and O–H groups in total. The molecule has 1 nitrogen and oxygen atoms in total. The first kappa shape index (κ1) is 13.4. The van der Waals surface area contributed by atoms with Crippen LogP contribution in [0.25, 0.3) is 0 Å². The largest absolute Gasteiger partial charge is 0.496 e. The lowest BCUT2D eigenvalue weighted by Gasteiger charge is -2.19. The Kier molecular flexibility index (Phi) is 4.67. The second-order valence-electron chi connectivity index (χ2n) is 4.75. The van der Waals surface area contributed by atoms with Crippen molar-refractivity contribution in [2.24, 2.45) is 0 Å². The first-order valence-electron chi connectivity index (χ1n) is 5.77. The van der Waals surface area contributed by atoms with Crippen molar-refractivity contribution in [1.82, 2.24) is 0 Å². The fraction of sp³-hybridized carbons (Fsp3) is 0.571. The van der Waals surface area contributed by atoms with Crippen LogP contribution in [0.1, 0.15) is 56.2 Å². The summed E-state index contributed by atoms with van der Waals surface area (Å²) in [4.78, 5) is 0. The van der Waals surface area contributed by atoms with E-state index in [-0.39, 0.29) is 0 Å². The van der Waals surface area contributed by atoms with Gasteiger partial charge in [-0.15, -0.1) is 11.6 Å². The van der Waals surface area contributed by atoms with Gasteiger partial charge >= 0.3 is 0 Å². The Morgan fingerprint density at radius 2 is 1.50 bits per heavy atom. The number of methoxy groups -OCH3 is 1. The van der Waals surface area contributed by atoms with Crippen molar-refractivity contribution in [1.29, 1.82) is 0 Å². The molecule has 0 saturated carbocycles. The van der Waals surface area contributed by atoms with Gasteiger partial charge in [0.2, 0.25) is 0 Å². The van der Waals surface area contributed by atoms with Crippen LogP contribution in [0, 0.1) is 0 Å². The smallest absolute Gasteiger partial charge is 0.125 e. The van der Waals surface area contributed by atoms with Gasteiger partial charge in [0.25, 0.3) is 0 Å². The number of benzene rings is 1. The van der Waals surface area contributed by atoms with E-state index in [1.807, 2.05) is 0 Å². The van der Waals surface area contributed by atoms with Gasteiger partial charge in [0, 0.05) is 5.88 Å². The molecular formula is C14H21ClO. The highest BCUT2D eigenvalue weighted by Crippen LogP contribution is 2.35. The molecule has 0 bridgehead atoms. The average molecular weight is 241 g/mol. The van der Waals surface area contributed by atoms with Gasteiger partial charge in [-0.25, -0.2) is 0 Å². The number of rotatable bonds is 4. The maximum atomic E-state index is 5.93. The molecule has 2 heteroatoms. The summed E-state index contributed by atoms with van der Waals surface area (Å²) >= 11 is 5.93. The third-order valence-corrected chi connectivity index (χ3v) is 3.12. The first-order chi connectivity index (χ1) is 7.51. The summed E-state index contributed by atoms with van der Waals surface area (Å²) in [5.74, 6) is 2.49. The van der Waals surface area contributed by atoms with E-state index in [0.717, 1.165) is 5.75 Å². The van der Waals surface area contributed by atoms with E-state index in [4.69, 9.17) is 16.3 Å². The molecule has 0 radical (unpaired) electrons. The van der Waals surface area contributed by atoms with E-state index in [9.17, 15) is 0 Å². The molecule has 0 heterocycles. The quantitative estimate of drug-likeness (QED) is 0.695. The summed E-state index contributed by atoms with van der Waals surface area (Å²) in [5.41, 5.74) is 3.68. The number of hydrogen-bond acceptors (Lipinski definition) is 1. The Morgan fingerprint density at radius 1 is 1.06 bits per heavy atom. The van der Waals surface area contributed by atoms with Gasteiger partial charge < -0.3 is 4.74 Å². The van der Waals surface area contributed by atoms with Crippen LogP contribution in [0.15, 0.2) is 12.1 Å². The standard InChI is InChI=1S/C14H21ClO/c1-9(2)12-6-11(8-15)7-13(10(3)4)14(12)16-5/h6-7,9-10H,8H2,1-5H3. The highest BCUT2D eigenvalue weighted by molar-refractivity contribution is 6.17. The summed E-state index contributed by atoms with van der Waals surface area (Å²) in [6, 6.07) is 4.31. The van der Waals surface area contributed by atoms with E-state index < -0.39 is 0 Å². The molecule has 0 amide bonds. The fourth-order valence-corrected chi connectivity index (χ4v) is 2.06. The van der Waals surface area contributed by atoms with Crippen molar-refractivity contribution in [3.63, 3.8) is 0 Å². The van der Waals surface area contributed by atoms with Crippen LogP contribution in [-0.2, 0) is 5.88 Å². The number of halogens is 1. The van der Waals surface area contributed by atoms with Crippen molar-refractivity contribution >= 4 is 11.6 Å². The molecular weight excluding hydrogens is 220 g/mol. The molecule has 0 aliphatic rings. The molecule has 0 aliphatic carbocycles. The maximum absolute atomic E-state index is 5.93. The molecule has 0 aromatic heterocycles. The van der Waals surface area contributed by atoms with Gasteiger partial charge in [0.05, 0.1) is 7.11 Å². The maximum Gasteiger partial charge on any atom is 0.125 e. The molecule has 0 fully saturated rings. The SMILES string of the molecule is COc1c(C(C)C)cc(CCl)cc1C(C)C. The topological polar surface area (TPSA) is 9.23 Å². The zero-order valence-corrected chi connectivity index (χ0v) is 11.6. The Balaban J connectivity index is 3.40. The van der Waals surface area contributed by atoms with E-state index in [0.29, 0.717) is 17.7 Å². The number of hydrogen-bond donors (Lipinski definition) is 0. The summed E-state index contributed by atoms with van der Waals surface area (Å²) in [7, 11) is 1.74. The van der Waals surface area contributed by atoms with Gasteiger partial charge in [-0.05, 0) is 28.5 Å². The predicted molar refractivity (Wildman–Crippen MR) is 70.7 cm³/mol. The van der Waals surface area contributed by atoms with Crippen LogP contribution in [0.3, 0.4) is 0 Å². The molecule has 0 unspecified atom stereocenters. The first-order valence-corrected chi connectivity index (χ1v) is 6.31. The van der Waals surface area contributed by atoms with E-state index in [1.165, 1.54) is 16.7 Å². The molecule has 16 heavy (non-hydrogen) atoms. The van der Waals surface area contributed by atoms with E-state index in [2.05, 4.69) is 39.8 Å². The van der Waals surface area contributed by atoms with Gasteiger partial charge in [-0.2, -0.15) is 0 Å². The van der Waals surface area contributed by atoms with Crippen LogP contribution in [0.5, 0.6) is 5.75 Å². The fourth-order valence-electron chi connectivity index (χ4n) is 1.91. The third kappa shape index (κ3) is 2.70. The summed E-state index contributed by atoms with van der Waals surface area (Å²) < 4.78 is 5.56. The average Bonchev–Trinajstić information content (AvgIpc) is 2.26. The van der Waals surface area contributed by atoms with Crippen LogP contribution in [0.4, 0.5) is 0 Å². The molecule has 0 spiro atoms. The Labute approximate surface area is 104 Å². The lowest BCUT2D eigenvalue weighted by atomic mass is 9.92. The zero-order chi connectivity index (χ0) is 12.3. The van der Waals surface area contributed by atoms with Crippen molar-refractivity contribution in [2.45, 2.75) is 45.4 Å². The third-order valence-electron chi connectivity index (χ3n) is 2.81. The van der Waals surface area contributed by atoms with E-state index >= 15 is 0 Å². The molecule has 0 atom stereocenters. The van der Waals surface area contributed by atoms with Crippen LogP contribution in [0.2, 0.25) is 0 Å². The molecule has 0 aliphatic heterocycles. The van der Waals surface area contributed by atoms with Gasteiger partial charge in [-0.3, -0.25) is 0 Å². The Hall–Kier alpha value is -0.690. The molecule has 1 aromatic rings. The van der Waals surface area contributed by atoms with Gasteiger partial charge in [0.1, 0.15) is 5.75 Å². The Bertz CT molecular complexity index is 327. The minimum atomic E-state index is 0.454.